The Morgan fingerprint density at radius 2 is 1.76 bits per heavy atom. The van der Waals surface area contributed by atoms with Gasteiger partial charge in [-0.05, 0) is 31.2 Å². The number of anilines is 1. The maximum atomic E-state index is 6.22. The SMILES string of the molecule is COc1ccc(OC)c(N=Nc2c(C)nn(-c3ccccc3)c2N)c1. The Morgan fingerprint density at radius 1 is 1.00 bits per heavy atom. The van der Waals surface area contributed by atoms with Gasteiger partial charge in [-0.15, -0.1) is 10.2 Å². The molecule has 7 nitrogen and oxygen atoms in total. The number of nitrogens with two attached hydrogens (primary N) is 1. The Labute approximate surface area is 145 Å². The third kappa shape index (κ3) is 3.30. The first-order valence-electron chi connectivity index (χ1n) is 7.68. The van der Waals surface area contributed by atoms with E-state index in [0.29, 0.717) is 34.4 Å². The molecule has 0 saturated carbocycles. The molecular formula is C18H19N5O2. The number of rotatable bonds is 5. The van der Waals surface area contributed by atoms with E-state index in [1.807, 2.05) is 37.3 Å². The van der Waals surface area contributed by atoms with Crippen molar-refractivity contribution in [1.82, 2.24) is 9.78 Å². The summed E-state index contributed by atoms with van der Waals surface area (Å²) in [5, 5.41) is 13.0. The van der Waals surface area contributed by atoms with E-state index in [0.717, 1.165) is 5.69 Å². The molecule has 0 radical (unpaired) electrons. The van der Waals surface area contributed by atoms with Crippen molar-refractivity contribution in [2.75, 3.05) is 20.0 Å². The molecule has 0 atom stereocenters. The molecule has 0 aliphatic heterocycles. The molecule has 2 N–H and O–H groups in total. The number of hydrogen-bond donors (Lipinski definition) is 1. The van der Waals surface area contributed by atoms with Gasteiger partial charge in [0.25, 0.3) is 0 Å². The van der Waals surface area contributed by atoms with Crippen molar-refractivity contribution >= 4 is 17.2 Å². The number of ether oxygens (including phenoxy) is 2. The lowest BCUT2D eigenvalue weighted by Gasteiger charge is -2.06. The number of azo groups is 1. The standard InChI is InChI=1S/C18H19N5O2/c1-12-17(18(19)23(22-12)13-7-5-4-6-8-13)21-20-15-11-14(24-2)9-10-16(15)25-3/h4-11H,19H2,1-3H3. The van der Waals surface area contributed by atoms with Gasteiger partial charge in [-0.2, -0.15) is 5.10 Å². The van der Waals surface area contributed by atoms with E-state index in [-0.39, 0.29) is 0 Å². The van der Waals surface area contributed by atoms with Gasteiger partial charge in [0.05, 0.1) is 25.6 Å². The monoisotopic (exact) mass is 337 g/mol. The zero-order valence-corrected chi connectivity index (χ0v) is 14.3. The van der Waals surface area contributed by atoms with Crippen LogP contribution in [0, 0.1) is 6.92 Å². The number of nitrogens with zero attached hydrogens (tertiary/aromatic N) is 4. The predicted molar refractivity (Wildman–Crippen MR) is 96.4 cm³/mol. The number of methoxy groups -OCH3 is 2. The number of aryl methyl sites for hydroxylation is 1. The molecule has 0 bridgehead atoms. The number of nitrogen functional groups attached to an aromatic ring is 1. The Kier molecular flexibility index (Phi) is 4.65. The smallest absolute Gasteiger partial charge is 0.155 e. The van der Waals surface area contributed by atoms with Crippen molar-refractivity contribution in [3.05, 3.63) is 54.2 Å². The average molecular weight is 337 g/mol. The molecule has 0 aliphatic carbocycles. The summed E-state index contributed by atoms with van der Waals surface area (Å²) in [5.41, 5.74) is 8.84. The van der Waals surface area contributed by atoms with Crippen LogP contribution >= 0.6 is 0 Å². The molecule has 0 unspecified atom stereocenters. The minimum Gasteiger partial charge on any atom is -0.497 e. The molecular weight excluding hydrogens is 318 g/mol. The van der Waals surface area contributed by atoms with Crippen LogP contribution in [0.3, 0.4) is 0 Å². The normalized spacial score (nSPS) is 11.0. The molecule has 7 heteroatoms. The van der Waals surface area contributed by atoms with Crippen LogP contribution < -0.4 is 15.2 Å². The van der Waals surface area contributed by atoms with Crippen molar-refractivity contribution in [3.8, 4) is 17.2 Å². The van der Waals surface area contributed by atoms with Gasteiger partial charge in [-0.1, -0.05) is 18.2 Å². The molecule has 1 heterocycles. The van der Waals surface area contributed by atoms with E-state index >= 15 is 0 Å². The molecule has 0 aliphatic rings. The zero-order valence-electron chi connectivity index (χ0n) is 14.3. The van der Waals surface area contributed by atoms with E-state index < -0.39 is 0 Å². The van der Waals surface area contributed by atoms with Gasteiger partial charge >= 0.3 is 0 Å². The number of aromatic nitrogens is 2. The molecule has 0 saturated heterocycles. The van der Waals surface area contributed by atoms with E-state index in [9.17, 15) is 0 Å². The quantitative estimate of drug-likeness (QED) is 0.707. The number of para-hydroxylation sites is 1. The zero-order chi connectivity index (χ0) is 17.8. The minimum absolute atomic E-state index is 0.425. The van der Waals surface area contributed by atoms with E-state index in [1.54, 1.807) is 37.1 Å². The molecule has 3 aromatic rings. The summed E-state index contributed by atoms with van der Waals surface area (Å²) in [7, 11) is 3.17. The van der Waals surface area contributed by atoms with Crippen LogP contribution in [0.15, 0.2) is 58.8 Å². The van der Waals surface area contributed by atoms with Gasteiger partial charge in [-0.3, -0.25) is 0 Å². The van der Waals surface area contributed by atoms with Crippen molar-refractivity contribution in [3.63, 3.8) is 0 Å². The largest absolute Gasteiger partial charge is 0.497 e. The predicted octanol–water partition coefficient (Wildman–Crippen LogP) is 4.20. The topological polar surface area (TPSA) is 87.0 Å². The molecule has 0 spiro atoms. The fourth-order valence-corrected chi connectivity index (χ4v) is 2.41. The highest BCUT2D eigenvalue weighted by Gasteiger charge is 2.14. The van der Waals surface area contributed by atoms with Crippen LogP contribution in [0.4, 0.5) is 17.2 Å². The van der Waals surface area contributed by atoms with Gasteiger partial charge in [0.2, 0.25) is 0 Å². The molecule has 25 heavy (non-hydrogen) atoms. The fourth-order valence-electron chi connectivity index (χ4n) is 2.41. The van der Waals surface area contributed by atoms with Gasteiger partial charge in [0, 0.05) is 6.07 Å². The minimum atomic E-state index is 0.425. The third-order valence-corrected chi connectivity index (χ3v) is 3.71. The lowest BCUT2D eigenvalue weighted by Crippen LogP contribution is -2.01. The lowest BCUT2D eigenvalue weighted by atomic mass is 10.3. The number of hydrogen-bond acceptors (Lipinski definition) is 6. The second kappa shape index (κ2) is 7.04. The molecule has 0 amide bonds. The molecule has 128 valence electrons. The van der Waals surface area contributed by atoms with E-state index in [1.165, 1.54) is 0 Å². The second-order valence-electron chi connectivity index (χ2n) is 5.30. The first-order chi connectivity index (χ1) is 12.1. The average Bonchev–Trinajstić information content (AvgIpc) is 2.94. The molecule has 0 fully saturated rings. The van der Waals surface area contributed by atoms with Gasteiger partial charge < -0.3 is 15.2 Å². The van der Waals surface area contributed by atoms with Crippen LogP contribution in [0.25, 0.3) is 5.69 Å². The van der Waals surface area contributed by atoms with Gasteiger partial charge in [0.1, 0.15) is 17.2 Å². The summed E-state index contributed by atoms with van der Waals surface area (Å²) in [6.07, 6.45) is 0. The van der Waals surface area contributed by atoms with Gasteiger partial charge in [-0.25, -0.2) is 4.68 Å². The molecule has 3 rings (SSSR count). The third-order valence-electron chi connectivity index (χ3n) is 3.71. The summed E-state index contributed by atoms with van der Waals surface area (Å²) in [6, 6.07) is 15.0. The molecule has 2 aromatic carbocycles. The lowest BCUT2D eigenvalue weighted by molar-refractivity contribution is 0.404. The second-order valence-corrected chi connectivity index (χ2v) is 5.30. The van der Waals surface area contributed by atoms with Crippen molar-refractivity contribution < 1.29 is 9.47 Å². The molecule has 1 aromatic heterocycles. The summed E-state index contributed by atoms with van der Waals surface area (Å²) >= 11 is 0. The van der Waals surface area contributed by atoms with E-state index in [2.05, 4.69) is 15.3 Å². The van der Waals surface area contributed by atoms with Crippen LogP contribution in [-0.4, -0.2) is 24.0 Å². The highest BCUT2D eigenvalue weighted by atomic mass is 16.5. The fraction of sp³-hybridized carbons (Fsp3) is 0.167. The highest BCUT2D eigenvalue weighted by molar-refractivity contribution is 5.64. The maximum Gasteiger partial charge on any atom is 0.155 e. The van der Waals surface area contributed by atoms with E-state index in [4.69, 9.17) is 15.2 Å². The summed E-state index contributed by atoms with van der Waals surface area (Å²) in [5.74, 6) is 1.69. The Hall–Kier alpha value is -3.35. The van der Waals surface area contributed by atoms with Gasteiger partial charge in [0.15, 0.2) is 11.5 Å². The first-order valence-corrected chi connectivity index (χ1v) is 7.68. The first kappa shape index (κ1) is 16.5. The Morgan fingerprint density at radius 3 is 2.44 bits per heavy atom. The summed E-state index contributed by atoms with van der Waals surface area (Å²) < 4.78 is 12.2. The maximum absolute atomic E-state index is 6.22. The Balaban J connectivity index is 1.99. The van der Waals surface area contributed by atoms with Crippen molar-refractivity contribution in [2.45, 2.75) is 6.92 Å². The van der Waals surface area contributed by atoms with Crippen LogP contribution in [0.1, 0.15) is 5.69 Å². The summed E-state index contributed by atoms with van der Waals surface area (Å²) in [4.78, 5) is 0. The summed E-state index contributed by atoms with van der Waals surface area (Å²) in [6.45, 7) is 1.84. The van der Waals surface area contributed by atoms with Crippen LogP contribution in [-0.2, 0) is 0 Å². The van der Waals surface area contributed by atoms with Crippen molar-refractivity contribution in [1.29, 1.82) is 0 Å². The Bertz CT molecular complexity index is 903. The van der Waals surface area contributed by atoms with Crippen molar-refractivity contribution in [2.24, 2.45) is 10.2 Å². The number of benzene rings is 2. The van der Waals surface area contributed by atoms with Crippen LogP contribution in [0.2, 0.25) is 0 Å². The highest BCUT2D eigenvalue weighted by Crippen LogP contribution is 2.35. The van der Waals surface area contributed by atoms with Crippen LogP contribution in [0.5, 0.6) is 11.5 Å².